The zero-order valence-electron chi connectivity index (χ0n) is 19.1. The molecule has 3 heteroatoms. The first-order chi connectivity index (χ1) is 14.7. The van der Waals surface area contributed by atoms with Gasteiger partial charge in [0.2, 0.25) is 0 Å². The molecular weight excluding hydrogens is 370 g/mol. The van der Waals surface area contributed by atoms with Gasteiger partial charge in [-0.15, -0.1) is 0 Å². The molecule has 1 rings (SSSR count). The normalized spacial score (nSPS) is 11.5. The first-order valence-corrected chi connectivity index (χ1v) is 12.1. The Labute approximate surface area is 184 Å². The second kappa shape index (κ2) is 19.0. The van der Waals surface area contributed by atoms with Crippen molar-refractivity contribution in [2.45, 2.75) is 96.8 Å². The number of carboxylic acid groups (broad SMARTS) is 1. The van der Waals surface area contributed by atoms with Crippen LogP contribution < -0.4 is 5.32 Å². The van der Waals surface area contributed by atoms with Crippen LogP contribution in [-0.4, -0.2) is 17.6 Å². The fourth-order valence-electron chi connectivity index (χ4n) is 3.53. The second-order valence-electron chi connectivity index (χ2n) is 8.16. The van der Waals surface area contributed by atoms with E-state index in [1.54, 1.807) is 6.08 Å². The van der Waals surface area contributed by atoms with Crippen molar-refractivity contribution in [3.05, 3.63) is 48.1 Å². The van der Waals surface area contributed by atoms with Crippen molar-refractivity contribution in [3.63, 3.8) is 0 Å². The molecule has 0 aliphatic rings. The second-order valence-corrected chi connectivity index (χ2v) is 8.16. The summed E-state index contributed by atoms with van der Waals surface area (Å²) in [5.41, 5.74) is 1.96. The number of anilines is 1. The van der Waals surface area contributed by atoms with Gasteiger partial charge in [0, 0.05) is 18.3 Å². The predicted molar refractivity (Wildman–Crippen MR) is 131 cm³/mol. The Morgan fingerprint density at radius 2 is 1.47 bits per heavy atom. The highest BCUT2D eigenvalue weighted by Crippen LogP contribution is 2.13. The van der Waals surface area contributed by atoms with Crippen molar-refractivity contribution in [2.75, 3.05) is 11.9 Å². The molecular formula is C27H43NO2. The molecule has 168 valence electrons. The first kappa shape index (κ1) is 26.0. The number of carboxylic acids is 1. The number of benzene rings is 1. The number of nitrogens with one attached hydrogen (secondary N) is 1. The Balaban J connectivity index is 1.91. The van der Waals surface area contributed by atoms with Crippen molar-refractivity contribution in [2.24, 2.45) is 0 Å². The molecule has 0 amide bonds. The molecule has 30 heavy (non-hydrogen) atoms. The van der Waals surface area contributed by atoms with E-state index in [0.717, 1.165) is 17.8 Å². The van der Waals surface area contributed by atoms with Gasteiger partial charge in [-0.3, -0.25) is 0 Å². The van der Waals surface area contributed by atoms with Gasteiger partial charge >= 0.3 is 5.97 Å². The van der Waals surface area contributed by atoms with E-state index in [1.165, 1.54) is 96.0 Å². The number of aliphatic carboxylic acids is 1. The zero-order chi connectivity index (χ0) is 21.7. The average molecular weight is 414 g/mol. The van der Waals surface area contributed by atoms with E-state index >= 15 is 0 Å². The summed E-state index contributed by atoms with van der Waals surface area (Å²) in [5.74, 6) is -0.919. The Morgan fingerprint density at radius 3 is 2.10 bits per heavy atom. The Morgan fingerprint density at radius 1 is 0.867 bits per heavy atom. The van der Waals surface area contributed by atoms with E-state index < -0.39 is 5.97 Å². The fraction of sp³-hybridized carbons (Fsp3) is 0.593. The molecule has 0 saturated heterocycles. The predicted octanol–water partition coefficient (Wildman–Crippen LogP) is 8.23. The van der Waals surface area contributed by atoms with Gasteiger partial charge < -0.3 is 10.4 Å². The molecule has 0 bridgehead atoms. The summed E-state index contributed by atoms with van der Waals surface area (Å²) >= 11 is 0. The molecule has 0 saturated carbocycles. The summed E-state index contributed by atoms with van der Waals surface area (Å²) in [7, 11) is 0. The lowest BCUT2D eigenvalue weighted by atomic mass is 10.1. The number of allylic oxidation sites excluding steroid dienone is 2. The largest absolute Gasteiger partial charge is 0.478 e. The van der Waals surface area contributed by atoms with Crippen LogP contribution in [0.2, 0.25) is 0 Å². The van der Waals surface area contributed by atoms with E-state index in [9.17, 15) is 4.79 Å². The fourth-order valence-corrected chi connectivity index (χ4v) is 3.53. The van der Waals surface area contributed by atoms with Crippen LogP contribution in [0.5, 0.6) is 0 Å². The molecule has 0 radical (unpaired) electrons. The Kier molecular flexibility index (Phi) is 16.4. The third-order valence-electron chi connectivity index (χ3n) is 5.32. The van der Waals surface area contributed by atoms with Crippen LogP contribution in [0.25, 0.3) is 6.08 Å². The maximum Gasteiger partial charge on any atom is 0.328 e. The maximum absolute atomic E-state index is 10.6. The van der Waals surface area contributed by atoms with Crippen LogP contribution >= 0.6 is 0 Å². The highest BCUT2D eigenvalue weighted by atomic mass is 16.4. The van der Waals surface area contributed by atoms with E-state index in [2.05, 4.69) is 24.4 Å². The maximum atomic E-state index is 10.6. The van der Waals surface area contributed by atoms with Crippen LogP contribution in [0.1, 0.15) is 102 Å². The number of unbranched alkanes of at least 4 members (excludes halogenated alkanes) is 12. The monoisotopic (exact) mass is 413 g/mol. The number of hydrogen-bond donors (Lipinski definition) is 2. The summed E-state index contributed by atoms with van der Waals surface area (Å²) in [4.78, 5) is 10.6. The van der Waals surface area contributed by atoms with Crippen LogP contribution in [0.15, 0.2) is 42.5 Å². The minimum absolute atomic E-state index is 0.906. The van der Waals surface area contributed by atoms with Gasteiger partial charge in [-0.1, -0.05) is 89.0 Å². The molecule has 0 atom stereocenters. The standard InChI is InChI=1S/C27H43NO2/c1-2-3-4-5-6-7-8-9-10-11-12-13-14-15-16-17-23-28-26-20-18-19-25(24-26)21-22-27(29)30/h9-10,18-22,24,28H,2-8,11-17,23H2,1H3,(H,29,30)/b10-9+,22-21+. The van der Waals surface area contributed by atoms with Crippen LogP contribution in [-0.2, 0) is 4.79 Å². The van der Waals surface area contributed by atoms with Gasteiger partial charge in [-0.05, 0) is 55.9 Å². The van der Waals surface area contributed by atoms with E-state index in [1.807, 2.05) is 24.3 Å². The summed E-state index contributed by atoms with van der Waals surface area (Å²) in [5, 5.41) is 12.1. The molecule has 1 aromatic carbocycles. The SMILES string of the molecule is CCCCCCCC/C=C/CCCCCCCCNc1cccc(/C=C/C(=O)O)c1. The molecule has 0 aromatic heterocycles. The lowest BCUT2D eigenvalue weighted by Crippen LogP contribution is -2.01. The third-order valence-corrected chi connectivity index (χ3v) is 5.32. The van der Waals surface area contributed by atoms with E-state index in [4.69, 9.17) is 5.11 Å². The lowest BCUT2D eigenvalue weighted by Gasteiger charge is -2.07. The van der Waals surface area contributed by atoms with Crippen molar-refractivity contribution >= 4 is 17.7 Å². The van der Waals surface area contributed by atoms with E-state index in [-0.39, 0.29) is 0 Å². The minimum Gasteiger partial charge on any atom is -0.478 e. The number of rotatable bonds is 19. The average Bonchev–Trinajstić information content (AvgIpc) is 2.75. The van der Waals surface area contributed by atoms with Crippen molar-refractivity contribution in [1.82, 2.24) is 0 Å². The summed E-state index contributed by atoms with van der Waals surface area (Å²) in [6.45, 7) is 3.24. The molecule has 0 unspecified atom stereocenters. The minimum atomic E-state index is -0.919. The first-order valence-electron chi connectivity index (χ1n) is 12.1. The van der Waals surface area contributed by atoms with Gasteiger partial charge in [0.1, 0.15) is 0 Å². The number of carbonyl (C=O) groups is 1. The van der Waals surface area contributed by atoms with Gasteiger partial charge in [0.25, 0.3) is 0 Å². The summed E-state index contributed by atoms with van der Waals surface area (Å²) < 4.78 is 0. The Bertz CT molecular complexity index is 607. The van der Waals surface area contributed by atoms with E-state index in [0.29, 0.717) is 0 Å². The smallest absolute Gasteiger partial charge is 0.328 e. The topological polar surface area (TPSA) is 49.3 Å². The molecule has 0 aliphatic heterocycles. The van der Waals surface area contributed by atoms with Gasteiger partial charge in [-0.2, -0.15) is 0 Å². The molecule has 3 nitrogen and oxygen atoms in total. The Hall–Kier alpha value is -2.03. The molecule has 0 heterocycles. The van der Waals surface area contributed by atoms with Crippen LogP contribution in [0.3, 0.4) is 0 Å². The van der Waals surface area contributed by atoms with Crippen molar-refractivity contribution < 1.29 is 9.90 Å². The third kappa shape index (κ3) is 15.8. The molecule has 1 aromatic rings. The van der Waals surface area contributed by atoms with Crippen molar-refractivity contribution in [1.29, 1.82) is 0 Å². The highest BCUT2D eigenvalue weighted by molar-refractivity contribution is 5.85. The van der Waals surface area contributed by atoms with Crippen LogP contribution in [0.4, 0.5) is 5.69 Å². The van der Waals surface area contributed by atoms with Crippen LogP contribution in [0, 0.1) is 0 Å². The quantitative estimate of drug-likeness (QED) is 0.136. The lowest BCUT2D eigenvalue weighted by molar-refractivity contribution is -0.131. The van der Waals surface area contributed by atoms with Crippen molar-refractivity contribution in [3.8, 4) is 0 Å². The molecule has 0 spiro atoms. The zero-order valence-corrected chi connectivity index (χ0v) is 19.1. The highest BCUT2D eigenvalue weighted by Gasteiger charge is 1.95. The summed E-state index contributed by atoms with van der Waals surface area (Å²) in [6, 6.07) is 7.87. The van der Waals surface area contributed by atoms with Gasteiger partial charge in [-0.25, -0.2) is 4.79 Å². The summed E-state index contributed by atoms with van der Waals surface area (Å²) in [6.07, 6.45) is 26.1. The number of hydrogen-bond acceptors (Lipinski definition) is 2. The van der Waals surface area contributed by atoms with Gasteiger partial charge in [0.15, 0.2) is 0 Å². The van der Waals surface area contributed by atoms with Gasteiger partial charge in [0.05, 0.1) is 0 Å². The molecule has 0 aliphatic carbocycles. The molecule has 2 N–H and O–H groups in total. The molecule has 0 fully saturated rings.